The molecule has 1 atom stereocenters. The smallest absolute Gasteiger partial charge is 0.229 e. The van der Waals surface area contributed by atoms with Gasteiger partial charge >= 0.3 is 0 Å². The van der Waals surface area contributed by atoms with E-state index in [4.69, 9.17) is 0 Å². The van der Waals surface area contributed by atoms with E-state index in [1.165, 1.54) is 0 Å². The van der Waals surface area contributed by atoms with Gasteiger partial charge in [0.25, 0.3) is 0 Å². The zero-order chi connectivity index (χ0) is 16.9. The van der Waals surface area contributed by atoms with Gasteiger partial charge in [-0.25, -0.2) is 0 Å². The predicted molar refractivity (Wildman–Crippen MR) is 96.8 cm³/mol. The molecule has 1 saturated heterocycles. The fraction of sp³-hybridized carbons (Fsp3) is 0.263. The van der Waals surface area contributed by atoms with Crippen LogP contribution in [0, 0.1) is 5.92 Å². The molecule has 0 spiro atoms. The van der Waals surface area contributed by atoms with Crippen molar-refractivity contribution in [3.63, 3.8) is 0 Å². The summed E-state index contributed by atoms with van der Waals surface area (Å²) in [7, 11) is 0. The molecule has 3 rings (SSSR count). The average Bonchev–Trinajstić information content (AvgIpc) is 2.97. The Labute approximate surface area is 146 Å². The second-order valence-electron chi connectivity index (χ2n) is 5.85. The topological polar surface area (TPSA) is 49.4 Å². The van der Waals surface area contributed by atoms with Gasteiger partial charge in [-0.2, -0.15) is 0 Å². The number of carbonyl (C=O) groups excluding carboxylic acids is 2. The number of para-hydroxylation sites is 1. The van der Waals surface area contributed by atoms with Gasteiger partial charge < -0.3 is 10.2 Å². The van der Waals surface area contributed by atoms with Crippen molar-refractivity contribution >= 4 is 29.3 Å². The average molecular weight is 340 g/mol. The lowest BCUT2D eigenvalue weighted by atomic mass is 10.1. The lowest BCUT2D eigenvalue weighted by Crippen LogP contribution is -2.28. The Morgan fingerprint density at radius 3 is 2.62 bits per heavy atom. The summed E-state index contributed by atoms with van der Waals surface area (Å²) in [5.74, 6) is -0.339. The first-order valence-corrected chi connectivity index (χ1v) is 9.15. The van der Waals surface area contributed by atoms with Gasteiger partial charge in [0.05, 0.1) is 11.6 Å². The number of hydrogen-bond acceptors (Lipinski definition) is 3. The van der Waals surface area contributed by atoms with Gasteiger partial charge in [0.2, 0.25) is 11.8 Å². The van der Waals surface area contributed by atoms with Crippen molar-refractivity contribution in [3.05, 3.63) is 60.2 Å². The van der Waals surface area contributed by atoms with Crippen LogP contribution in [-0.2, 0) is 16.1 Å². The lowest BCUT2D eigenvalue weighted by Gasteiger charge is -2.17. The minimum Gasteiger partial charge on any atom is -0.338 e. The third-order valence-corrected chi connectivity index (χ3v) is 4.96. The normalized spacial score (nSPS) is 17.1. The first-order valence-electron chi connectivity index (χ1n) is 7.93. The molecule has 0 aromatic heterocycles. The quantitative estimate of drug-likeness (QED) is 0.849. The number of nitrogens with one attached hydrogen (secondary N) is 1. The maximum atomic E-state index is 12.5. The van der Waals surface area contributed by atoms with E-state index in [0.29, 0.717) is 13.1 Å². The third kappa shape index (κ3) is 3.79. The van der Waals surface area contributed by atoms with E-state index in [9.17, 15) is 9.59 Å². The van der Waals surface area contributed by atoms with Gasteiger partial charge in [-0.1, -0.05) is 42.5 Å². The van der Waals surface area contributed by atoms with E-state index in [0.717, 1.165) is 16.1 Å². The van der Waals surface area contributed by atoms with E-state index in [2.05, 4.69) is 5.32 Å². The van der Waals surface area contributed by atoms with Crippen molar-refractivity contribution in [1.29, 1.82) is 0 Å². The van der Waals surface area contributed by atoms with Gasteiger partial charge in [-0.05, 0) is 24.0 Å². The zero-order valence-corrected chi connectivity index (χ0v) is 14.4. The summed E-state index contributed by atoms with van der Waals surface area (Å²) < 4.78 is 0. The van der Waals surface area contributed by atoms with Gasteiger partial charge in [0.1, 0.15) is 0 Å². The van der Waals surface area contributed by atoms with E-state index in [1.807, 2.05) is 60.9 Å². The van der Waals surface area contributed by atoms with Gasteiger partial charge in [0, 0.05) is 24.4 Å². The Kier molecular flexibility index (Phi) is 5.20. The molecule has 1 aliphatic heterocycles. The molecule has 4 nitrogen and oxygen atoms in total. The Hall–Kier alpha value is -2.27. The molecule has 1 heterocycles. The molecule has 24 heavy (non-hydrogen) atoms. The monoisotopic (exact) mass is 340 g/mol. The molecule has 2 aromatic rings. The molecule has 124 valence electrons. The Morgan fingerprint density at radius 1 is 1.17 bits per heavy atom. The van der Waals surface area contributed by atoms with Gasteiger partial charge in [-0.15, -0.1) is 11.8 Å². The Morgan fingerprint density at radius 2 is 1.88 bits per heavy atom. The number of likely N-dealkylation sites (tertiary alicyclic amines) is 1. The molecule has 1 unspecified atom stereocenters. The van der Waals surface area contributed by atoms with Gasteiger partial charge in [-0.3, -0.25) is 9.59 Å². The van der Waals surface area contributed by atoms with Crippen LogP contribution in [-0.4, -0.2) is 29.5 Å². The molecular weight excluding hydrogens is 320 g/mol. The minimum absolute atomic E-state index is 0.0390. The molecule has 2 amide bonds. The van der Waals surface area contributed by atoms with Crippen molar-refractivity contribution in [2.45, 2.75) is 17.9 Å². The number of rotatable bonds is 5. The van der Waals surface area contributed by atoms with Crippen molar-refractivity contribution in [2.24, 2.45) is 5.92 Å². The van der Waals surface area contributed by atoms with Crippen LogP contribution in [0.5, 0.6) is 0 Å². The molecular formula is C19H20N2O2S. The van der Waals surface area contributed by atoms with E-state index < -0.39 is 0 Å². The van der Waals surface area contributed by atoms with Crippen molar-refractivity contribution < 1.29 is 9.59 Å². The first-order chi connectivity index (χ1) is 11.7. The summed E-state index contributed by atoms with van der Waals surface area (Å²) in [5.41, 5.74) is 1.89. The summed E-state index contributed by atoms with van der Waals surface area (Å²) >= 11 is 1.59. The summed E-state index contributed by atoms with van der Waals surface area (Å²) in [5, 5.41) is 2.97. The molecule has 5 heteroatoms. The van der Waals surface area contributed by atoms with E-state index >= 15 is 0 Å². The summed E-state index contributed by atoms with van der Waals surface area (Å²) in [4.78, 5) is 27.5. The molecule has 0 bridgehead atoms. The van der Waals surface area contributed by atoms with Crippen LogP contribution >= 0.6 is 11.8 Å². The van der Waals surface area contributed by atoms with Crippen LogP contribution in [0.25, 0.3) is 0 Å². The van der Waals surface area contributed by atoms with Crippen LogP contribution in [0.2, 0.25) is 0 Å². The van der Waals surface area contributed by atoms with Crippen molar-refractivity contribution in [1.82, 2.24) is 4.90 Å². The van der Waals surface area contributed by atoms with E-state index in [1.54, 1.807) is 16.7 Å². The molecule has 1 N–H and O–H groups in total. The van der Waals surface area contributed by atoms with Crippen LogP contribution in [0.3, 0.4) is 0 Å². The fourth-order valence-corrected chi connectivity index (χ4v) is 3.44. The number of anilines is 1. The Bertz CT molecular complexity index is 733. The fourth-order valence-electron chi connectivity index (χ4n) is 2.89. The molecule has 1 aliphatic rings. The largest absolute Gasteiger partial charge is 0.338 e. The lowest BCUT2D eigenvalue weighted by molar-refractivity contribution is -0.128. The number of hydrogen-bond donors (Lipinski definition) is 1. The number of benzene rings is 2. The molecule has 0 saturated carbocycles. The predicted octanol–water partition coefficient (Wildman–Crippen LogP) is 3.40. The highest BCUT2D eigenvalue weighted by Crippen LogP contribution is 2.27. The first kappa shape index (κ1) is 16.6. The van der Waals surface area contributed by atoms with Gasteiger partial charge in [0.15, 0.2) is 0 Å². The summed E-state index contributed by atoms with van der Waals surface area (Å²) in [6, 6.07) is 17.6. The number of thioether (sulfide) groups is 1. The SMILES string of the molecule is CSc1ccccc1NC(=O)C1CC(=O)N(Cc2ccccc2)C1. The minimum atomic E-state index is -0.295. The number of amides is 2. The van der Waals surface area contributed by atoms with Crippen LogP contribution in [0.1, 0.15) is 12.0 Å². The zero-order valence-electron chi connectivity index (χ0n) is 13.6. The van der Waals surface area contributed by atoms with Crippen molar-refractivity contribution in [2.75, 3.05) is 18.1 Å². The summed E-state index contributed by atoms with van der Waals surface area (Å²) in [6.45, 7) is 1.03. The van der Waals surface area contributed by atoms with Crippen molar-refractivity contribution in [3.8, 4) is 0 Å². The van der Waals surface area contributed by atoms with Crippen LogP contribution in [0.4, 0.5) is 5.69 Å². The highest BCUT2D eigenvalue weighted by Gasteiger charge is 2.34. The maximum Gasteiger partial charge on any atom is 0.229 e. The number of carbonyl (C=O) groups is 2. The second-order valence-corrected chi connectivity index (χ2v) is 6.70. The Balaban J connectivity index is 1.63. The highest BCUT2D eigenvalue weighted by atomic mass is 32.2. The second kappa shape index (κ2) is 7.53. The van der Waals surface area contributed by atoms with Crippen LogP contribution in [0.15, 0.2) is 59.5 Å². The number of nitrogens with zero attached hydrogens (tertiary/aromatic N) is 1. The standard InChI is InChI=1S/C19H20N2O2S/c1-24-17-10-6-5-9-16(17)20-19(23)15-11-18(22)21(13-15)12-14-7-3-2-4-8-14/h2-10,15H,11-13H2,1H3,(H,20,23). The molecule has 0 aliphatic carbocycles. The third-order valence-electron chi connectivity index (χ3n) is 4.17. The maximum absolute atomic E-state index is 12.5. The molecule has 2 aromatic carbocycles. The van der Waals surface area contributed by atoms with Crippen LogP contribution < -0.4 is 5.32 Å². The van der Waals surface area contributed by atoms with E-state index in [-0.39, 0.29) is 24.2 Å². The summed E-state index contributed by atoms with van der Waals surface area (Å²) in [6.07, 6.45) is 2.26. The highest BCUT2D eigenvalue weighted by molar-refractivity contribution is 7.98. The molecule has 1 fully saturated rings. The molecule has 0 radical (unpaired) electrons.